The molecule has 2 heterocycles. The number of fused-ring (bicyclic) bond motifs is 2. The van der Waals surface area contributed by atoms with Gasteiger partial charge in [0.15, 0.2) is 0 Å². The van der Waals surface area contributed by atoms with E-state index in [0.29, 0.717) is 26.0 Å². The third kappa shape index (κ3) is 3.11. The van der Waals surface area contributed by atoms with Crippen molar-refractivity contribution in [3.05, 3.63) is 29.8 Å². The standard InChI is InChI=1S/C18H23NO4S/c1-2-24-8-7-16(20)19-10-14-11-23-15-6-4-3-5-13(15)9-18(14,12-19)17(21)22/h3-6,14H,2,7-12H2,1H3,(H,21,22)/t14-,18+/m0/s1. The van der Waals surface area contributed by atoms with Gasteiger partial charge in [0.1, 0.15) is 5.75 Å². The summed E-state index contributed by atoms with van der Waals surface area (Å²) in [6.45, 7) is 3.16. The highest BCUT2D eigenvalue weighted by molar-refractivity contribution is 7.99. The number of nitrogens with zero attached hydrogens (tertiary/aromatic N) is 1. The lowest BCUT2D eigenvalue weighted by Gasteiger charge is -2.27. The van der Waals surface area contributed by atoms with E-state index in [-0.39, 0.29) is 18.4 Å². The first-order chi connectivity index (χ1) is 11.6. The Bertz CT molecular complexity index is 635. The van der Waals surface area contributed by atoms with Crippen LogP contribution < -0.4 is 4.74 Å². The van der Waals surface area contributed by atoms with E-state index in [0.717, 1.165) is 22.8 Å². The molecular weight excluding hydrogens is 326 g/mol. The molecule has 24 heavy (non-hydrogen) atoms. The third-order valence-electron chi connectivity index (χ3n) is 5.06. The Labute approximate surface area is 146 Å². The van der Waals surface area contributed by atoms with Crippen molar-refractivity contribution in [1.82, 2.24) is 4.90 Å². The molecule has 1 N–H and O–H groups in total. The zero-order chi connectivity index (χ0) is 17.2. The third-order valence-corrected chi connectivity index (χ3v) is 5.96. The van der Waals surface area contributed by atoms with Gasteiger partial charge in [-0.1, -0.05) is 25.1 Å². The minimum atomic E-state index is -0.944. The van der Waals surface area contributed by atoms with Crippen molar-refractivity contribution >= 4 is 23.6 Å². The number of aliphatic carboxylic acids is 1. The van der Waals surface area contributed by atoms with Crippen LogP contribution in [-0.4, -0.2) is 53.1 Å². The molecule has 0 unspecified atom stereocenters. The summed E-state index contributed by atoms with van der Waals surface area (Å²) < 4.78 is 5.86. The molecule has 0 aromatic heterocycles. The number of thioether (sulfide) groups is 1. The van der Waals surface area contributed by atoms with Crippen LogP contribution in [0.5, 0.6) is 5.75 Å². The number of likely N-dealkylation sites (tertiary alicyclic amines) is 1. The highest BCUT2D eigenvalue weighted by atomic mass is 32.2. The molecule has 1 fully saturated rings. The first-order valence-corrected chi connectivity index (χ1v) is 9.52. The van der Waals surface area contributed by atoms with Crippen molar-refractivity contribution in [3.63, 3.8) is 0 Å². The first kappa shape index (κ1) is 17.1. The van der Waals surface area contributed by atoms with Gasteiger partial charge < -0.3 is 14.7 Å². The molecule has 1 aromatic carbocycles. The molecule has 1 amide bonds. The molecule has 3 rings (SSSR count). The molecule has 130 valence electrons. The molecule has 2 aliphatic heterocycles. The number of ether oxygens (including phenoxy) is 1. The van der Waals surface area contributed by atoms with E-state index in [1.807, 2.05) is 24.3 Å². The maximum Gasteiger partial charge on any atom is 0.312 e. The van der Waals surface area contributed by atoms with Gasteiger partial charge in [0.05, 0.1) is 12.0 Å². The highest BCUT2D eigenvalue weighted by Crippen LogP contribution is 2.44. The predicted molar refractivity (Wildman–Crippen MR) is 93.4 cm³/mol. The van der Waals surface area contributed by atoms with Crippen LogP contribution in [-0.2, 0) is 16.0 Å². The van der Waals surface area contributed by atoms with Gasteiger partial charge in [-0.3, -0.25) is 9.59 Å². The summed E-state index contributed by atoms with van der Waals surface area (Å²) in [5.74, 6) is 1.59. The molecule has 6 heteroatoms. The number of carbonyl (C=O) groups excluding carboxylic acids is 1. The maximum absolute atomic E-state index is 12.4. The summed E-state index contributed by atoms with van der Waals surface area (Å²) >= 11 is 1.73. The van der Waals surface area contributed by atoms with Crippen molar-refractivity contribution in [2.75, 3.05) is 31.2 Å². The lowest BCUT2D eigenvalue weighted by atomic mass is 9.74. The number of amides is 1. The van der Waals surface area contributed by atoms with Gasteiger partial charge in [0, 0.05) is 31.2 Å². The Hall–Kier alpha value is -1.69. The minimum absolute atomic E-state index is 0.0536. The number of benzene rings is 1. The van der Waals surface area contributed by atoms with Crippen LogP contribution in [0.3, 0.4) is 0 Å². The van der Waals surface area contributed by atoms with E-state index >= 15 is 0 Å². The van der Waals surface area contributed by atoms with Crippen LogP contribution in [0.1, 0.15) is 18.9 Å². The fourth-order valence-electron chi connectivity index (χ4n) is 3.68. The number of rotatable bonds is 5. The Morgan fingerprint density at radius 1 is 1.42 bits per heavy atom. The van der Waals surface area contributed by atoms with Crippen molar-refractivity contribution in [1.29, 1.82) is 0 Å². The maximum atomic E-state index is 12.4. The Morgan fingerprint density at radius 2 is 2.21 bits per heavy atom. The van der Waals surface area contributed by atoms with Crippen LogP contribution in [0.2, 0.25) is 0 Å². The molecular formula is C18H23NO4S. The fourth-order valence-corrected chi connectivity index (χ4v) is 4.29. The second kappa shape index (κ2) is 7.05. The molecule has 0 saturated carbocycles. The SMILES string of the molecule is CCSCCC(=O)N1C[C@H]2COc3ccccc3C[C@@]2(C(=O)O)C1. The van der Waals surface area contributed by atoms with E-state index in [2.05, 4.69) is 6.92 Å². The summed E-state index contributed by atoms with van der Waals surface area (Å²) in [6, 6.07) is 7.61. The molecule has 0 bridgehead atoms. The average molecular weight is 349 g/mol. The Kier molecular flexibility index (Phi) is 5.04. The molecule has 1 saturated heterocycles. The number of hydrogen-bond donors (Lipinski definition) is 1. The Balaban J connectivity index is 1.81. The topological polar surface area (TPSA) is 66.8 Å². The summed E-state index contributed by atoms with van der Waals surface area (Å²) in [5.41, 5.74) is -0.0292. The van der Waals surface area contributed by atoms with Crippen LogP contribution >= 0.6 is 11.8 Å². The average Bonchev–Trinajstić information content (AvgIpc) is 2.86. The van der Waals surface area contributed by atoms with Crippen molar-refractivity contribution in [3.8, 4) is 5.75 Å². The molecule has 5 nitrogen and oxygen atoms in total. The number of carboxylic acid groups (broad SMARTS) is 1. The van der Waals surface area contributed by atoms with Crippen molar-refractivity contribution in [2.24, 2.45) is 11.3 Å². The van der Waals surface area contributed by atoms with Gasteiger partial charge in [0.25, 0.3) is 0 Å². The number of hydrogen-bond acceptors (Lipinski definition) is 4. The molecule has 0 spiro atoms. The normalized spacial score (nSPS) is 25.4. The van der Waals surface area contributed by atoms with E-state index in [9.17, 15) is 14.7 Å². The largest absolute Gasteiger partial charge is 0.493 e. The minimum Gasteiger partial charge on any atom is -0.493 e. The van der Waals surface area contributed by atoms with Crippen molar-refractivity contribution in [2.45, 2.75) is 19.8 Å². The quantitative estimate of drug-likeness (QED) is 0.826. The van der Waals surface area contributed by atoms with E-state index in [4.69, 9.17) is 4.74 Å². The van der Waals surface area contributed by atoms with E-state index in [1.165, 1.54) is 0 Å². The molecule has 0 aliphatic carbocycles. The van der Waals surface area contributed by atoms with Gasteiger partial charge in [-0.25, -0.2) is 0 Å². The fraction of sp³-hybridized carbons (Fsp3) is 0.556. The van der Waals surface area contributed by atoms with Crippen LogP contribution in [0, 0.1) is 11.3 Å². The van der Waals surface area contributed by atoms with Gasteiger partial charge in [-0.2, -0.15) is 11.8 Å². The summed E-state index contributed by atoms with van der Waals surface area (Å²) in [4.78, 5) is 26.3. The zero-order valence-corrected chi connectivity index (χ0v) is 14.7. The van der Waals surface area contributed by atoms with E-state index in [1.54, 1.807) is 16.7 Å². The van der Waals surface area contributed by atoms with Crippen molar-refractivity contribution < 1.29 is 19.4 Å². The van der Waals surface area contributed by atoms with Crippen LogP contribution in [0.4, 0.5) is 0 Å². The summed E-state index contributed by atoms with van der Waals surface area (Å²) in [7, 11) is 0. The molecule has 2 aliphatic rings. The Morgan fingerprint density at radius 3 is 2.96 bits per heavy atom. The summed E-state index contributed by atoms with van der Waals surface area (Å²) in [5, 5.41) is 9.97. The lowest BCUT2D eigenvalue weighted by Crippen LogP contribution is -2.42. The number of carbonyl (C=O) groups is 2. The number of para-hydroxylation sites is 1. The van der Waals surface area contributed by atoms with E-state index < -0.39 is 11.4 Å². The summed E-state index contributed by atoms with van der Waals surface area (Å²) in [6.07, 6.45) is 0.884. The second-order valence-electron chi connectivity index (χ2n) is 6.47. The first-order valence-electron chi connectivity index (χ1n) is 8.36. The smallest absolute Gasteiger partial charge is 0.312 e. The van der Waals surface area contributed by atoms with Crippen LogP contribution in [0.15, 0.2) is 24.3 Å². The zero-order valence-electron chi connectivity index (χ0n) is 13.9. The van der Waals surface area contributed by atoms with Gasteiger partial charge in [-0.15, -0.1) is 0 Å². The lowest BCUT2D eigenvalue weighted by molar-refractivity contribution is -0.151. The monoisotopic (exact) mass is 349 g/mol. The number of carboxylic acids is 1. The van der Waals surface area contributed by atoms with Gasteiger partial charge in [0.2, 0.25) is 5.91 Å². The molecule has 1 aromatic rings. The van der Waals surface area contributed by atoms with Gasteiger partial charge >= 0.3 is 5.97 Å². The van der Waals surface area contributed by atoms with Gasteiger partial charge in [-0.05, 0) is 23.8 Å². The van der Waals surface area contributed by atoms with Crippen LogP contribution in [0.25, 0.3) is 0 Å². The predicted octanol–water partition coefficient (Wildman–Crippen LogP) is 2.29. The second-order valence-corrected chi connectivity index (χ2v) is 7.87. The molecule has 2 atom stereocenters. The molecule has 0 radical (unpaired) electrons. The highest BCUT2D eigenvalue weighted by Gasteiger charge is 2.54.